The van der Waals surface area contributed by atoms with Crippen LogP contribution in [0.25, 0.3) is 22.3 Å². The molecular weight excluding hydrogens is 444 g/mol. The Hall–Kier alpha value is -3.19. The van der Waals surface area contributed by atoms with Gasteiger partial charge in [0, 0.05) is 24.8 Å². The maximum absolute atomic E-state index is 13.1. The molecule has 0 aliphatic carbocycles. The Balaban J connectivity index is 1.98. The number of thiophene rings is 1. The molecule has 0 saturated heterocycles. The highest BCUT2D eigenvalue weighted by Crippen LogP contribution is 2.29. The number of carbonyl (C=O) groups is 2. The molecule has 3 rings (SSSR count). The molecule has 180 valence electrons. The molecule has 0 unspecified atom stereocenters. The molecule has 0 saturated carbocycles. The van der Waals surface area contributed by atoms with Crippen molar-refractivity contribution in [3.05, 3.63) is 65.2 Å². The van der Waals surface area contributed by atoms with Gasteiger partial charge in [0.1, 0.15) is 11.3 Å². The Labute approximate surface area is 206 Å². The molecule has 0 spiro atoms. The van der Waals surface area contributed by atoms with E-state index in [1.807, 2.05) is 54.0 Å². The lowest BCUT2D eigenvalue weighted by molar-refractivity contribution is -0.123. The highest BCUT2D eigenvalue weighted by molar-refractivity contribution is 7.13. The Morgan fingerprint density at radius 3 is 2.09 bits per heavy atom. The van der Waals surface area contributed by atoms with Crippen LogP contribution in [0.4, 0.5) is 0 Å². The van der Waals surface area contributed by atoms with Crippen LogP contribution in [0.15, 0.2) is 59.6 Å². The van der Waals surface area contributed by atoms with Crippen LogP contribution in [0.1, 0.15) is 46.1 Å². The summed E-state index contributed by atoms with van der Waals surface area (Å²) >= 11 is 1.57. The van der Waals surface area contributed by atoms with Crippen molar-refractivity contribution in [3.8, 4) is 16.3 Å². The summed E-state index contributed by atoms with van der Waals surface area (Å²) < 4.78 is 1.78. The summed E-state index contributed by atoms with van der Waals surface area (Å²) in [6.45, 7) is 9.46. The van der Waals surface area contributed by atoms with E-state index in [2.05, 4.69) is 38.3 Å². The molecule has 3 aromatic rings. The monoisotopic (exact) mass is 478 g/mol. The van der Waals surface area contributed by atoms with E-state index in [4.69, 9.17) is 5.10 Å². The number of hydrogen-bond donors (Lipinski definition) is 2. The zero-order valence-electron chi connectivity index (χ0n) is 20.4. The molecule has 6 nitrogen and oxygen atoms in total. The van der Waals surface area contributed by atoms with E-state index in [1.165, 1.54) is 0 Å². The molecule has 2 amide bonds. The largest absolute Gasteiger partial charge is 0.352 e. The van der Waals surface area contributed by atoms with Gasteiger partial charge in [-0.3, -0.25) is 9.59 Å². The maximum atomic E-state index is 13.1. The van der Waals surface area contributed by atoms with Gasteiger partial charge < -0.3 is 10.6 Å². The molecule has 0 bridgehead atoms. The molecule has 2 aromatic heterocycles. The van der Waals surface area contributed by atoms with Crippen LogP contribution in [0, 0.1) is 11.8 Å². The fourth-order valence-corrected chi connectivity index (χ4v) is 4.07. The summed E-state index contributed by atoms with van der Waals surface area (Å²) in [5, 5.41) is 12.6. The lowest BCUT2D eigenvalue weighted by Crippen LogP contribution is -2.36. The minimum atomic E-state index is -0.368. The third kappa shape index (κ3) is 7.15. The SMILES string of the molecule is CC(C)CCNC(=O)C(=Cc1cn(-c2ccccc2)nc1-c1cccs1)C(=O)NCCC(C)C. The molecule has 1 aromatic carbocycles. The molecule has 0 aliphatic heterocycles. The van der Waals surface area contributed by atoms with Gasteiger partial charge in [0.2, 0.25) is 0 Å². The summed E-state index contributed by atoms with van der Waals surface area (Å²) in [5.41, 5.74) is 2.46. The summed E-state index contributed by atoms with van der Waals surface area (Å²) in [6, 6.07) is 13.8. The van der Waals surface area contributed by atoms with E-state index in [0.717, 1.165) is 34.7 Å². The van der Waals surface area contributed by atoms with Crippen LogP contribution < -0.4 is 10.6 Å². The van der Waals surface area contributed by atoms with E-state index in [9.17, 15) is 9.59 Å². The van der Waals surface area contributed by atoms with Crippen molar-refractivity contribution < 1.29 is 9.59 Å². The van der Waals surface area contributed by atoms with Crippen molar-refractivity contribution in [2.45, 2.75) is 40.5 Å². The van der Waals surface area contributed by atoms with Crippen LogP contribution in [0.5, 0.6) is 0 Å². The zero-order chi connectivity index (χ0) is 24.5. The highest BCUT2D eigenvalue weighted by atomic mass is 32.1. The lowest BCUT2D eigenvalue weighted by Gasteiger charge is -2.12. The predicted octanol–water partition coefficient (Wildman–Crippen LogP) is 5.31. The first kappa shape index (κ1) is 25.4. The molecule has 0 radical (unpaired) electrons. The number of nitrogens with zero attached hydrogens (tertiary/aromatic N) is 2. The van der Waals surface area contributed by atoms with Crippen LogP contribution in [0.3, 0.4) is 0 Å². The number of carbonyl (C=O) groups excluding carboxylic acids is 2. The van der Waals surface area contributed by atoms with E-state index < -0.39 is 0 Å². The Morgan fingerprint density at radius 1 is 0.941 bits per heavy atom. The maximum Gasteiger partial charge on any atom is 0.256 e. The van der Waals surface area contributed by atoms with Gasteiger partial charge >= 0.3 is 0 Å². The van der Waals surface area contributed by atoms with Gasteiger partial charge in [0.15, 0.2) is 0 Å². The Kier molecular flexibility index (Phi) is 9.22. The molecule has 2 heterocycles. The van der Waals surface area contributed by atoms with Crippen LogP contribution >= 0.6 is 11.3 Å². The molecule has 7 heteroatoms. The smallest absolute Gasteiger partial charge is 0.256 e. The average Bonchev–Trinajstić information content (AvgIpc) is 3.47. The van der Waals surface area contributed by atoms with Gasteiger partial charge in [0.05, 0.1) is 10.6 Å². The third-order valence-electron chi connectivity index (χ3n) is 5.32. The Bertz CT molecular complexity index is 1070. The minimum absolute atomic E-state index is 0.0953. The van der Waals surface area contributed by atoms with Crippen molar-refractivity contribution in [1.82, 2.24) is 20.4 Å². The first-order valence-electron chi connectivity index (χ1n) is 11.8. The van der Waals surface area contributed by atoms with Gasteiger partial charge in [-0.05, 0) is 54.3 Å². The van der Waals surface area contributed by atoms with Crippen molar-refractivity contribution >= 4 is 29.2 Å². The van der Waals surface area contributed by atoms with Gasteiger partial charge in [-0.1, -0.05) is 52.0 Å². The van der Waals surface area contributed by atoms with Crippen molar-refractivity contribution in [2.75, 3.05) is 13.1 Å². The van der Waals surface area contributed by atoms with Gasteiger partial charge in [-0.2, -0.15) is 5.10 Å². The molecule has 0 aliphatic rings. The number of hydrogen-bond acceptors (Lipinski definition) is 4. The van der Waals surface area contributed by atoms with Gasteiger partial charge in [-0.25, -0.2) is 4.68 Å². The summed E-state index contributed by atoms with van der Waals surface area (Å²) in [7, 11) is 0. The van der Waals surface area contributed by atoms with Crippen LogP contribution in [-0.4, -0.2) is 34.7 Å². The second kappa shape index (κ2) is 12.3. The molecule has 0 atom stereocenters. The van der Waals surface area contributed by atoms with Crippen LogP contribution in [0.2, 0.25) is 0 Å². The first-order valence-corrected chi connectivity index (χ1v) is 12.7. The minimum Gasteiger partial charge on any atom is -0.352 e. The number of benzene rings is 1. The number of amides is 2. The second-order valence-electron chi connectivity index (χ2n) is 9.13. The van der Waals surface area contributed by atoms with Gasteiger partial charge in [-0.15, -0.1) is 11.3 Å². The summed E-state index contributed by atoms with van der Waals surface area (Å²) in [6.07, 6.45) is 5.23. The van der Waals surface area contributed by atoms with E-state index in [-0.39, 0.29) is 17.4 Å². The quantitative estimate of drug-likeness (QED) is 0.223. The van der Waals surface area contributed by atoms with Crippen molar-refractivity contribution in [1.29, 1.82) is 0 Å². The standard InChI is InChI=1S/C27H34N4O2S/c1-19(2)12-14-28-26(32)23(27(33)29-15-13-20(3)4)17-21-18-31(22-9-6-5-7-10-22)30-25(21)24-11-8-16-34-24/h5-11,16-20H,12-15H2,1-4H3,(H,28,32)(H,29,33). The lowest BCUT2D eigenvalue weighted by atomic mass is 10.1. The Morgan fingerprint density at radius 2 is 1.56 bits per heavy atom. The number of nitrogens with one attached hydrogen (secondary N) is 2. The van der Waals surface area contributed by atoms with Gasteiger partial charge in [0.25, 0.3) is 11.8 Å². The normalized spacial score (nSPS) is 11.0. The fourth-order valence-electron chi connectivity index (χ4n) is 3.34. The van der Waals surface area contributed by atoms with Crippen molar-refractivity contribution in [2.24, 2.45) is 11.8 Å². The van der Waals surface area contributed by atoms with Crippen molar-refractivity contribution in [3.63, 3.8) is 0 Å². The molecular formula is C27H34N4O2S. The number of rotatable bonds is 11. The number of para-hydroxylation sites is 1. The number of aromatic nitrogens is 2. The van der Waals surface area contributed by atoms with Crippen LogP contribution in [-0.2, 0) is 9.59 Å². The molecule has 34 heavy (non-hydrogen) atoms. The highest BCUT2D eigenvalue weighted by Gasteiger charge is 2.21. The first-order chi connectivity index (χ1) is 16.3. The topological polar surface area (TPSA) is 76.0 Å². The summed E-state index contributed by atoms with van der Waals surface area (Å²) in [5.74, 6) is 0.184. The van der Waals surface area contributed by atoms with E-state index in [0.29, 0.717) is 24.9 Å². The molecule has 0 fully saturated rings. The summed E-state index contributed by atoms with van der Waals surface area (Å²) in [4.78, 5) is 27.1. The second-order valence-corrected chi connectivity index (χ2v) is 10.1. The third-order valence-corrected chi connectivity index (χ3v) is 6.20. The van der Waals surface area contributed by atoms with E-state index >= 15 is 0 Å². The van der Waals surface area contributed by atoms with E-state index in [1.54, 1.807) is 22.1 Å². The predicted molar refractivity (Wildman–Crippen MR) is 140 cm³/mol. The zero-order valence-corrected chi connectivity index (χ0v) is 21.2. The fraction of sp³-hybridized carbons (Fsp3) is 0.370. The molecule has 2 N–H and O–H groups in total. The average molecular weight is 479 g/mol.